The van der Waals surface area contributed by atoms with Gasteiger partial charge in [0.05, 0.1) is 19.8 Å². The van der Waals surface area contributed by atoms with Gasteiger partial charge in [0.15, 0.2) is 5.96 Å². The second-order valence-electron chi connectivity index (χ2n) is 4.20. The minimum atomic E-state index is 0.712. The summed E-state index contributed by atoms with van der Waals surface area (Å²) in [6, 6.07) is 0. The van der Waals surface area contributed by atoms with Gasteiger partial charge in [0, 0.05) is 40.4 Å². The molecule has 0 aromatic rings. The van der Waals surface area contributed by atoms with Crippen LogP contribution in [0.1, 0.15) is 13.3 Å². The molecule has 1 saturated heterocycles. The van der Waals surface area contributed by atoms with E-state index in [9.17, 15) is 0 Å². The normalized spacial score (nSPS) is 18.4. The topological polar surface area (TPSA) is 37.3 Å². The molecule has 0 bridgehead atoms. The van der Waals surface area contributed by atoms with Crippen molar-refractivity contribution in [3.05, 3.63) is 0 Å². The van der Waals surface area contributed by atoms with E-state index in [2.05, 4.69) is 28.8 Å². The molecule has 0 aromatic carbocycles. The maximum absolute atomic E-state index is 5.43. The molecule has 1 aliphatic rings. The van der Waals surface area contributed by atoms with Gasteiger partial charge >= 0.3 is 0 Å². The van der Waals surface area contributed by atoms with Gasteiger partial charge in [-0.1, -0.05) is 6.92 Å². The number of aliphatic imine (C=N–C) groups is 1. The first kappa shape index (κ1) is 14.3. The lowest BCUT2D eigenvalue weighted by Crippen LogP contribution is -2.34. The van der Waals surface area contributed by atoms with Crippen LogP contribution in [-0.2, 0) is 9.47 Å². The summed E-state index contributed by atoms with van der Waals surface area (Å²) in [5.41, 5.74) is 0. The SMILES string of the molecule is CCCOCC/N=C1\N(C)CCN1CCOC. The van der Waals surface area contributed by atoms with Crippen LogP contribution < -0.4 is 0 Å². The maximum Gasteiger partial charge on any atom is 0.196 e. The number of methoxy groups -OCH3 is 1. The number of hydrogen-bond donors (Lipinski definition) is 0. The van der Waals surface area contributed by atoms with E-state index in [1.54, 1.807) is 7.11 Å². The minimum Gasteiger partial charge on any atom is -0.383 e. The zero-order valence-electron chi connectivity index (χ0n) is 11.3. The van der Waals surface area contributed by atoms with Crippen molar-refractivity contribution in [2.24, 2.45) is 4.99 Å². The molecular weight excluding hydrogens is 218 g/mol. The predicted octanol–water partition coefficient (Wildman–Crippen LogP) is 0.663. The standard InChI is InChI=1S/C12H25N3O2/c1-4-9-17-10-5-13-12-14(2)6-7-15(12)8-11-16-3/h4-11H2,1-3H3/b13-12+. The van der Waals surface area contributed by atoms with Crippen molar-refractivity contribution in [3.63, 3.8) is 0 Å². The van der Waals surface area contributed by atoms with Crippen molar-refractivity contribution in [1.82, 2.24) is 9.80 Å². The highest BCUT2D eigenvalue weighted by molar-refractivity contribution is 5.81. The van der Waals surface area contributed by atoms with E-state index in [1.807, 2.05) is 0 Å². The highest BCUT2D eigenvalue weighted by Crippen LogP contribution is 2.06. The quantitative estimate of drug-likeness (QED) is 0.587. The summed E-state index contributed by atoms with van der Waals surface area (Å²) in [5, 5.41) is 0. The van der Waals surface area contributed by atoms with Crippen LogP contribution in [0, 0.1) is 0 Å². The molecule has 0 radical (unpaired) electrons. The Hall–Kier alpha value is -0.810. The maximum atomic E-state index is 5.43. The van der Waals surface area contributed by atoms with Crippen molar-refractivity contribution in [1.29, 1.82) is 0 Å². The molecule has 17 heavy (non-hydrogen) atoms. The van der Waals surface area contributed by atoms with Gasteiger partial charge in [-0.25, -0.2) is 0 Å². The number of ether oxygens (including phenoxy) is 2. The Kier molecular flexibility index (Phi) is 6.96. The van der Waals surface area contributed by atoms with E-state index in [0.717, 1.165) is 51.8 Å². The Morgan fingerprint density at radius 2 is 2.06 bits per heavy atom. The molecule has 0 amide bonds. The third kappa shape index (κ3) is 4.91. The highest BCUT2D eigenvalue weighted by atomic mass is 16.5. The number of rotatable bonds is 8. The van der Waals surface area contributed by atoms with Gasteiger partial charge in [-0.05, 0) is 6.42 Å². The molecule has 1 heterocycles. The summed E-state index contributed by atoms with van der Waals surface area (Å²) in [6.45, 7) is 8.13. The van der Waals surface area contributed by atoms with Crippen LogP contribution in [0.2, 0.25) is 0 Å². The Morgan fingerprint density at radius 1 is 1.24 bits per heavy atom. The molecule has 0 unspecified atom stereocenters. The molecule has 0 atom stereocenters. The molecule has 0 aromatic heterocycles. The molecule has 5 heteroatoms. The van der Waals surface area contributed by atoms with Crippen LogP contribution in [-0.4, -0.2) is 75.9 Å². The van der Waals surface area contributed by atoms with E-state index in [0.29, 0.717) is 6.61 Å². The highest BCUT2D eigenvalue weighted by Gasteiger charge is 2.22. The van der Waals surface area contributed by atoms with Crippen LogP contribution >= 0.6 is 0 Å². The van der Waals surface area contributed by atoms with Gasteiger partial charge < -0.3 is 19.3 Å². The lowest BCUT2D eigenvalue weighted by Gasteiger charge is -2.20. The third-order valence-electron chi connectivity index (χ3n) is 2.73. The van der Waals surface area contributed by atoms with Gasteiger partial charge in [0.2, 0.25) is 0 Å². The van der Waals surface area contributed by atoms with Gasteiger partial charge in [-0.2, -0.15) is 0 Å². The number of hydrogen-bond acceptors (Lipinski definition) is 3. The van der Waals surface area contributed by atoms with Gasteiger partial charge in [-0.15, -0.1) is 0 Å². The van der Waals surface area contributed by atoms with Gasteiger partial charge in [0.1, 0.15) is 0 Å². The van der Waals surface area contributed by atoms with Crippen molar-refractivity contribution in [3.8, 4) is 0 Å². The predicted molar refractivity (Wildman–Crippen MR) is 69.5 cm³/mol. The third-order valence-corrected chi connectivity index (χ3v) is 2.73. The zero-order valence-corrected chi connectivity index (χ0v) is 11.3. The molecule has 0 saturated carbocycles. The lowest BCUT2D eigenvalue weighted by atomic mass is 10.5. The van der Waals surface area contributed by atoms with Crippen LogP contribution in [0.5, 0.6) is 0 Å². The molecule has 1 aliphatic heterocycles. The monoisotopic (exact) mass is 243 g/mol. The average molecular weight is 243 g/mol. The summed E-state index contributed by atoms with van der Waals surface area (Å²) < 4.78 is 10.5. The smallest absolute Gasteiger partial charge is 0.196 e. The molecule has 0 N–H and O–H groups in total. The van der Waals surface area contributed by atoms with Gasteiger partial charge in [-0.3, -0.25) is 4.99 Å². The van der Waals surface area contributed by atoms with Crippen LogP contribution in [0.4, 0.5) is 0 Å². The first-order chi connectivity index (χ1) is 8.29. The molecule has 1 rings (SSSR count). The van der Waals surface area contributed by atoms with Gasteiger partial charge in [0.25, 0.3) is 0 Å². The largest absolute Gasteiger partial charge is 0.383 e. The Morgan fingerprint density at radius 3 is 2.76 bits per heavy atom. The molecule has 0 aliphatic carbocycles. The number of guanidine groups is 1. The second kappa shape index (κ2) is 8.31. The van der Waals surface area contributed by atoms with Crippen molar-refractivity contribution >= 4 is 5.96 Å². The summed E-state index contributed by atoms with van der Waals surface area (Å²) >= 11 is 0. The zero-order chi connectivity index (χ0) is 12.5. The number of likely N-dealkylation sites (N-methyl/N-ethyl adjacent to an activating group) is 1. The van der Waals surface area contributed by atoms with E-state index in [-0.39, 0.29) is 0 Å². The van der Waals surface area contributed by atoms with Crippen LogP contribution in [0.3, 0.4) is 0 Å². The Labute approximate surface area is 104 Å². The van der Waals surface area contributed by atoms with Crippen molar-refractivity contribution in [2.75, 3.05) is 60.2 Å². The summed E-state index contributed by atoms with van der Waals surface area (Å²) in [4.78, 5) is 9.06. The van der Waals surface area contributed by atoms with Crippen molar-refractivity contribution in [2.45, 2.75) is 13.3 Å². The van der Waals surface area contributed by atoms with E-state index in [1.165, 1.54) is 0 Å². The van der Waals surface area contributed by atoms with Crippen LogP contribution in [0.15, 0.2) is 4.99 Å². The molecular formula is C12H25N3O2. The Balaban J connectivity index is 2.32. The Bertz CT molecular complexity index is 234. The molecule has 0 spiro atoms. The van der Waals surface area contributed by atoms with E-state index < -0.39 is 0 Å². The number of nitrogens with zero attached hydrogens (tertiary/aromatic N) is 3. The minimum absolute atomic E-state index is 0.712. The van der Waals surface area contributed by atoms with Crippen LogP contribution in [0.25, 0.3) is 0 Å². The summed E-state index contributed by atoms with van der Waals surface area (Å²) in [5.74, 6) is 1.07. The first-order valence-corrected chi connectivity index (χ1v) is 6.36. The fraction of sp³-hybridized carbons (Fsp3) is 0.917. The summed E-state index contributed by atoms with van der Waals surface area (Å²) in [7, 11) is 3.81. The summed E-state index contributed by atoms with van der Waals surface area (Å²) in [6.07, 6.45) is 1.07. The second-order valence-corrected chi connectivity index (χ2v) is 4.20. The first-order valence-electron chi connectivity index (χ1n) is 6.36. The lowest BCUT2D eigenvalue weighted by molar-refractivity contribution is 0.142. The fourth-order valence-electron chi connectivity index (χ4n) is 1.80. The van der Waals surface area contributed by atoms with Crippen molar-refractivity contribution < 1.29 is 9.47 Å². The fourth-order valence-corrected chi connectivity index (χ4v) is 1.80. The van der Waals surface area contributed by atoms with E-state index in [4.69, 9.17) is 9.47 Å². The molecule has 5 nitrogen and oxygen atoms in total. The molecule has 100 valence electrons. The molecule has 1 fully saturated rings. The van der Waals surface area contributed by atoms with E-state index >= 15 is 0 Å². The average Bonchev–Trinajstić information content (AvgIpc) is 2.68.